The highest BCUT2D eigenvalue weighted by Gasteiger charge is 2.24. The molecule has 0 atom stereocenters. The lowest BCUT2D eigenvalue weighted by molar-refractivity contribution is -0.115. The number of fused-ring (bicyclic) bond motifs is 1. The Balaban J connectivity index is 1.51. The summed E-state index contributed by atoms with van der Waals surface area (Å²) in [5.74, 6) is 0.965. The van der Waals surface area contributed by atoms with E-state index in [9.17, 15) is 9.59 Å². The van der Waals surface area contributed by atoms with Crippen LogP contribution in [0.2, 0.25) is 5.02 Å². The van der Waals surface area contributed by atoms with Gasteiger partial charge in [-0.3, -0.25) is 9.59 Å². The van der Waals surface area contributed by atoms with Gasteiger partial charge in [-0.2, -0.15) is 10.2 Å². The Morgan fingerprint density at radius 2 is 2.06 bits per heavy atom. The van der Waals surface area contributed by atoms with Gasteiger partial charge in [0.15, 0.2) is 5.78 Å². The van der Waals surface area contributed by atoms with Crippen LogP contribution in [-0.2, 0) is 11.2 Å². The maximum atomic E-state index is 12.2. The highest BCUT2D eigenvalue weighted by molar-refractivity contribution is 7.17. The van der Waals surface area contributed by atoms with Gasteiger partial charge < -0.3 is 10.1 Å². The first-order valence-corrected chi connectivity index (χ1v) is 10.7. The van der Waals surface area contributed by atoms with E-state index in [4.69, 9.17) is 16.3 Å². The van der Waals surface area contributed by atoms with Crippen molar-refractivity contribution in [3.8, 4) is 16.2 Å². The highest BCUT2D eigenvalue weighted by atomic mass is 35.5. The fourth-order valence-electron chi connectivity index (χ4n) is 3.12. The highest BCUT2D eigenvalue weighted by Crippen LogP contribution is 2.42. The van der Waals surface area contributed by atoms with Crippen molar-refractivity contribution in [2.45, 2.75) is 20.3 Å². The minimum atomic E-state index is -0.294. The number of carbonyl (C=O) groups is 2. The summed E-state index contributed by atoms with van der Waals surface area (Å²) in [7, 11) is 0. The van der Waals surface area contributed by atoms with E-state index < -0.39 is 0 Å². The zero-order chi connectivity index (χ0) is 22.0. The van der Waals surface area contributed by atoms with E-state index in [-0.39, 0.29) is 11.7 Å². The van der Waals surface area contributed by atoms with Gasteiger partial charge >= 0.3 is 0 Å². The fraction of sp³-hybridized carbons (Fsp3) is 0.130. The normalized spacial score (nSPS) is 14.3. The minimum absolute atomic E-state index is 0.0387. The van der Waals surface area contributed by atoms with E-state index >= 15 is 0 Å². The van der Waals surface area contributed by atoms with Crippen molar-refractivity contribution in [1.82, 2.24) is 15.5 Å². The molecule has 31 heavy (non-hydrogen) atoms. The van der Waals surface area contributed by atoms with Gasteiger partial charge in [-0.15, -0.1) is 11.3 Å². The zero-order valence-electron chi connectivity index (χ0n) is 16.8. The van der Waals surface area contributed by atoms with Crippen LogP contribution in [0.3, 0.4) is 0 Å². The fourth-order valence-corrected chi connectivity index (χ4v) is 4.29. The van der Waals surface area contributed by atoms with Crippen LogP contribution in [0, 0.1) is 0 Å². The maximum Gasteiger partial charge on any atom is 0.248 e. The third-order valence-corrected chi connectivity index (χ3v) is 6.18. The number of hydrogen-bond acceptors (Lipinski definition) is 6. The number of nitrogens with one attached hydrogen (secondary N) is 1. The molecule has 3 heterocycles. The SMILES string of the molecule is CC(=O)c1ccc(-c2cc(Cl)c3c(c2)CC(=C(C)NC(=O)C=Cc2cccnn2)O3)s1. The van der Waals surface area contributed by atoms with Crippen LogP contribution in [-0.4, -0.2) is 21.9 Å². The summed E-state index contributed by atoms with van der Waals surface area (Å²) < 4.78 is 5.93. The van der Waals surface area contributed by atoms with E-state index in [0.717, 1.165) is 16.0 Å². The lowest BCUT2D eigenvalue weighted by Gasteiger charge is -2.07. The largest absolute Gasteiger partial charge is 0.458 e. The summed E-state index contributed by atoms with van der Waals surface area (Å²) >= 11 is 7.90. The molecular weight excluding hydrogens is 434 g/mol. The molecule has 2 aromatic heterocycles. The van der Waals surface area contributed by atoms with E-state index in [1.165, 1.54) is 17.4 Å². The first-order valence-electron chi connectivity index (χ1n) is 9.48. The number of ketones is 1. The minimum Gasteiger partial charge on any atom is -0.458 e. The Morgan fingerprint density at radius 3 is 2.77 bits per heavy atom. The predicted octanol–water partition coefficient (Wildman–Crippen LogP) is 5.06. The molecule has 1 aliphatic rings. The van der Waals surface area contributed by atoms with E-state index in [0.29, 0.717) is 39.2 Å². The number of thiophene rings is 1. The van der Waals surface area contributed by atoms with Gasteiger partial charge in [0.25, 0.3) is 0 Å². The number of Topliss-reactive ketones (excluding diaryl/α,β-unsaturated/α-hetero) is 1. The van der Waals surface area contributed by atoms with Crippen molar-refractivity contribution in [1.29, 1.82) is 0 Å². The molecule has 0 saturated heterocycles. The van der Waals surface area contributed by atoms with Crippen LogP contribution in [0.15, 0.2) is 60.1 Å². The number of rotatable bonds is 5. The first-order chi connectivity index (χ1) is 14.9. The molecule has 1 aromatic carbocycles. The topological polar surface area (TPSA) is 81.2 Å². The molecule has 3 aromatic rings. The molecule has 0 spiro atoms. The molecule has 1 N–H and O–H groups in total. The Bertz CT molecular complexity index is 1230. The summed E-state index contributed by atoms with van der Waals surface area (Å²) in [4.78, 5) is 25.5. The van der Waals surface area contributed by atoms with Crippen molar-refractivity contribution in [2.24, 2.45) is 0 Å². The van der Waals surface area contributed by atoms with Crippen molar-refractivity contribution in [3.63, 3.8) is 0 Å². The molecule has 0 saturated carbocycles. The molecule has 1 amide bonds. The van der Waals surface area contributed by atoms with Crippen LogP contribution in [0.5, 0.6) is 5.75 Å². The molecule has 0 fully saturated rings. The molecule has 0 aliphatic carbocycles. The standard InChI is InChI=1S/C23H18ClN3O3S/c1-13(26-22(29)8-5-17-4-3-9-25-27-17)19-12-16-10-15(11-18(24)23(16)30-19)21-7-6-20(31-21)14(2)28/h3-11H,12H2,1-2H3,(H,26,29). The summed E-state index contributed by atoms with van der Waals surface area (Å²) in [5.41, 5.74) is 3.06. The summed E-state index contributed by atoms with van der Waals surface area (Å²) in [6.07, 6.45) is 5.06. The Kier molecular flexibility index (Phi) is 5.97. The molecule has 4 rings (SSSR count). The number of benzene rings is 1. The molecule has 8 heteroatoms. The Hall–Kier alpha value is -3.29. The average molecular weight is 452 g/mol. The maximum absolute atomic E-state index is 12.2. The summed E-state index contributed by atoms with van der Waals surface area (Å²) in [6.45, 7) is 3.33. The second-order valence-corrected chi connectivity index (χ2v) is 8.46. The third-order valence-electron chi connectivity index (χ3n) is 4.66. The molecule has 0 unspecified atom stereocenters. The summed E-state index contributed by atoms with van der Waals surface area (Å²) in [5, 5.41) is 11.0. The van der Waals surface area contributed by atoms with Crippen molar-refractivity contribution in [2.75, 3.05) is 0 Å². The predicted molar refractivity (Wildman–Crippen MR) is 121 cm³/mol. The zero-order valence-corrected chi connectivity index (χ0v) is 18.4. The molecule has 0 radical (unpaired) electrons. The van der Waals surface area contributed by atoms with Gasteiger partial charge in [-0.05, 0) is 61.9 Å². The van der Waals surface area contributed by atoms with E-state index in [2.05, 4.69) is 15.5 Å². The second kappa shape index (κ2) is 8.83. The monoisotopic (exact) mass is 451 g/mol. The number of hydrogen-bond donors (Lipinski definition) is 1. The van der Waals surface area contributed by atoms with Crippen LogP contribution in [0.25, 0.3) is 16.5 Å². The first kappa shape index (κ1) is 21.0. The number of allylic oxidation sites excluding steroid dienone is 2. The van der Waals surface area contributed by atoms with Crippen molar-refractivity contribution >= 4 is 40.7 Å². The van der Waals surface area contributed by atoms with Gasteiger partial charge in [0.1, 0.15) is 11.5 Å². The van der Waals surface area contributed by atoms with Gasteiger partial charge in [0, 0.05) is 29.1 Å². The quantitative estimate of drug-likeness (QED) is 0.433. The van der Waals surface area contributed by atoms with Crippen LogP contribution >= 0.6 is 22.9 Å². The summed E-state index contributed by atoms with van der Waals surface area (Å²) in [6, 6.07) is 11.1. The third kappa shape index (κ3) is 4.73. The molecule has 0 bridgehead atoms. The van der Waals surface area contributed by atoms with Crippen LogP contribution in [0.1, 0.15) is 34.8 Å². The Morgan fingerprint density at radius 1 is 1.23 bits per heavy atom. The van der Waals surface area contributed by atoms with Crippen molar-refractivity contribution < 1.29 is 14.3 Å². The average Bonchev–Trinajstić information content (AvgIpc) is 3.41. The van der Waals surface area contributed by atoms with Crippen molar-refractivity contribution in [3.05, 3.63) is 81.3 Å². The lowest BCUT2D eigenvalue weighted by atomic mass is 10.1. The number of halogens is 1. The molecule has 156 valence electrons. The van der Waals surface area contributed by atoms with E-state index in [1.54, 1.807) is 38.3 Å². The van der Waals surface area contributed by atoms with Crippen LogP contribution < -0.4 is 10.1 Å². The number of carbonyl (C=O) groups excluding carboxylic acids is 2. The molecule has 1 aliphatic heterocycles. The van der Waals surface area contributed by atoms with Gasteiger partial charge in [0.05, 0.1) is 21.3 Å². The smallest absolute Gasteiger partial charge is 0.248 e. The number of ether oxygens (including phenoxy) is 1. The number of aromatic nitrogens is 2. The van der Waals surface area contributed by atoms with E-state index in [1.807, 2.05) is 24.3 Å². The van der Waals surface area contributed by atoms with Gasteiger partial charge in [-0.1, -0.05) is 11.6 Å². The van der Waals surface area contributed by atoms with Crippen LogP contribution in [0.4, 0.5) is 0 Å². The Labute approximate surface area is 188 Å². The van der Waals surface area contributed by atoms with Gasteiger partial charge in [-0.25, -0.2) is 0 Å². The molecule has 6 nitrogen and oxygen atoms in total. The molecular formula is C23H18ClN3O3S. The number of nitrogens with zero attached hydrogens (tertiary/aromatic N) is 2. The second-order valence-electron chi connectivity index (χ2n) is 6.96. The van der Waals surface area contributed by atoms with Gasteiger partial charge in [0.2, 0.25) is 5.91 Å². The number of amides is 1. The lowest BCUT2D eigenvalue weighted by Crippen LogP contribution is -2.21.